The van der Waals surface area contributed by atoms with Crippen molar-refractivity contribution in [3.63, 3.8) is 0 Å². The number of rotatable bonds is 6. The summed E-state index contributed by atoms with van der Waals surface area (Å²) in [5.74, 6) is 1.81. The second-order valence-corrected chi connectivity index (χ2v) is 6.09. The van der Waals surface area contributed by atoms with Gasteiger partial charge in [0.25, 0.3) is 0 Å². The van der Waals surface area contributed by atoms with Gasteiger partial charge in [0, 0.05) is 45.2 Å². The molecule has 0 aliphatic carbocycles. The lowest BCUT2D eigenvalue weighted by atomic mass is 10.0. The molecule has 2 heterocycles. The predicted molar refractivity (Wildman–Crippen MR) is 88.2 cm³/mol. The first-order valence-electron chi connectivity index (χ1n) is 7.91. The van der Waals surface area contributed by atoms with Crippen LogP contribution in [0.4, 0.5) is 0 Å². The van der Waals surface area contributed by atoms with E-state index in [1.807, 2.05) is 12.1 Å². The molecule has 0 radical (unpaired) electrons. The monoisotopic (exact) mass is 308 g/mol. The number of furan rings is 1. The van der Waals surface area contributed by atoms with Gasteiger partial charge in [-0.05, 0) is 26.0 Å². The molecule has 1 fully saturated rings. The van der Waals surface area contributed by atoms with Crippen molar-refractivity contribution in [2.75, 3.05) is 46.4 Å². The van der Waals surface area contributed by atoms with Crippen molar-refractivity contribution in [1.82, 2.24) is 15.5 Å². The van der Waals surface area contributed by atoms with Gasteiger partial charge >= 0.3 is 0 Å². The molecule has 2 rings (SSSR count). The zero-order chi connectivity index (χ0) is 15.8. The topological polar surface area (TPSA) is 62.0 Å². The van der Waals surface area contributed by atoms with Crippen LogP contribution in [-0.2, 0) is 11.2 Å². The Morgan fingerprint density at radius 1 is 1.32 bits per heavy atom. The highest BCUT2D eigenvalue weighted by Gasteiger charge is 2.28. The number of aliphatic imine (C=N–C) groups is 1. The van der Waals surface area contributed by atoms with E-state index in [9.17, 15) is 0 Å². The second kappa shape index (κ2) is 8.19. The van der Waals surface area contributed by atoms with Crippen LogP contribution >= 0.6 is 0 Å². The molecular weight excluding hydrogens is 280 g/mol. The Kier molecular flexibility index (Phi) is 6.27. The van der Waals surface area contributed by atoms with Crippen molar-refractivity contribution in [1.29, 1.82) is 0 Å². The van der Waals surface area contributed by atoms with Crippen LogP contribution in [0.5, 0.6) is 0 Å². The summed E-state index contributed by atoms with van der Waals surface area (Å²) in [5.41, 5.74) is 0.0718. The summed E-state index contributed by atoms with van der Waals surface area (Å²) in [5, 5.41) is 6.73. The molecule has 0 aromatic carbocycles. The van der Waals surface area contributed by atoms with Gasteiger partial charge in [-0.2, -0.15) is 0 Å². The van der Waals surface area contributed by atoms with Gasteiger partial charge in [0.15, 0.2) is 5.96 Å². The van der Waals surface area contributed by atoms with E-state index in [0.717, 1.165) is 57.5 Å². The maximum Gasteiger partial charge on any atom is 0.191 e. The molecule has 0 atom stereocenters. The van der Waals surface area contributed by atoms with Crippen molar-refractivity contribution >= 4 is 5.96 Å². The summed E-state index contributed by atoms with van der Waals surface area (Å²) in [6.07, 6.45) is 2.55. The predicted octanol–water partition coefficient (Wildman–Crippen LogP) is 1.10. The molecule has 6 heteroatoms. The first-order valence-corrected chi connectivity index (χ1v) is 7.91. The normalized spacial score (nSPS) is 17.5. The maximum atomic E-state index is 5.42. The smallest absolute Gasteiger partial charge is 0.191 e. The standard InChI is InChI=1S/C16H28N4O2/c1-16(2,20-8-11-21-12-9-20)13-19-15(17-3)18-7-6-14-5-4-10-22-14/h4-5,10H,6-9,11-13H2,1-3H3,(H2,17,18,19). The van der Waals surface area contributed by atoms with Gasteiger partial charge in [-0.15, -0.1) is 0 Å². The number of morpholine rings is 1. The Morgan fingerprint density at radius 3 is 2.73 bits per heavy atom. The van der Waals surface area contributed by atoms with Crippen LogP contribution in [0.2, 0.25) is 0 Å². The molecule has 0 unspecified atom stereocenters. The number of guanidine groups is 1. The van der Waals surface area contributed by atoms with E-state index in [0.29, 0.717) is 0 Å². The molecule has 1 aromatic rings. The highest BCUT2D eigenvalue weighted by molar-refractivity contribution is 5.79. The van der Waals surface area contributed by atoms with E-state index in [-0.39, 0.29) is 5.54 Å². The lowest BCUT2D eigenvalue weighted by molar-refractivity contribution is -0.00833. The number of hydrogen-bond acceptors (Lipinski definition) is 4. The van der Waals surface area contributed by atoms with Crippen LogP contribution < -0.4 is 10.6 Å². The van der Waals surface area contributed by atoms with Crippen molar-refractivity contribution in [2.45, 2.75) is 25.8 Å². The molecule has 0 spiro atoms. The van der Waals surface area contributed by atoms with Crippen LogP contribution in [0.15, 0.2) is 27.8 Å². The number of hydrogen-bond donors (Lipinski definition) is 2. The fourth-order valence-corrected chi connectivity index (χ4v) is 2.56. The lowest BCUT2D eigenvalue weighted by Gasteiger charge is -2.41. The Labute approximate surface area is 132 Å². The minimum Gasteiger partial charge on any atom is -0.469 e. The second-order valence-electron chi connectivity index (χ2n) is 6.09. The van der Waals surface area contributed by atoms with Gasteiger partial charge in [0.2, 0.25) is 0 Å². The molecule has 22 heavy (non-hydrogen) atoms. The van der Waals surface area contributed by atoms with Crippen LogP contribution in [0.3, 0.4) is 0 Å². The summed E-state index contributed by atoms with van der Waals surface area (Å²) < 4.78 is 10.7. The molecule has 0 bridgehead atoms. The Bertz CT molecular complexity index is 451. The van der Waals surface area contributed by atoms with E-state index >= 15 is 0 Å². The first-order chi connectivity index (χ1) is 10.6. The number of nitrogens with one attached hydrogen (secondary N) is 2. The van der Waals surface area contributed by atoms with Gasteiger partial charge < -0.3 is 19.8 Å². The molecule has 0 saturated carbocycles. The third kappa shape index (κ3) is 5.03. The molecule has 1 aromatic heterocycles. The fraction of sp³-hybridized carbons (Fsp3) is 0.688. The molecule has 124 valence electrons. The lowest BCUT2D eigenvalue weighted by Crippen LogP contribution is -2.56. The zero-order valence-corrected chi connectivity index (χ0v) is 13.9. The molecular formula is C16H28N4O2. The fourth-order valence-electron chi connectivity index (χ4n) is 2.56. The quantitative estimate of drug-likeness (QED) is 0.609. The van der Waals surface area contributed by atoms with E-state index in [2.05, 4.69) is 34.4 Å². The van der Waals surface area contributed by atoms with Crippen LogP contribution in [0.25, 0.3) is 0 Å². The molecule has 1 aliphatic rings. The summed E-state index contributed by atoms with van der Waals surface area (Å²) >= 11 is 0. The minimum absolute atomic E-state index is 0.0718. The Morgan fingerprint density at radius 2 is 2.09 bits per heavy atom. The summed E-state index contributed by atoms with van der Waals surface area (Å²) in [6, 6.07) is 3.90. The molecule has 1 aliphatic heterocycles. The summed E-state index contributed by atoms with van der Waals surface area (Å²) in [6.45, 7) is 9.75. The molecule has 6 nitrogen and oxygen atoms in total. The maximum absolute atomic E-state index is 5.42. The largest absolute Gasteiger partial charge is 0.469 e. The molecule has 0 amide bonds. The number of ether oxygens (including phenoxy) is 1. The SMILES string of the molecule is CN=C(NCCc1ccco1)NCC(C)(C)N1CCOCC1. The molecule has 1 saturated heterocycles. The van der Waals surface area contributed by atoms with Gasteiger partial charge in [0.05, 0.1) is 19.5 Å². The average molecular weight is 308 g/mol. The minimum atomic E-state index is 0.0718. The third-order valence-electron chi connectivity index (χ3n) is 4.02. The highest BCUT2D eigenvalue weighted by atomic mass is 16.5. The molecule has 2 N–H and O–H groups in total. The highest BCUT2D eigenvalue weighted by Crippen LogP contribution is 2.14. The Balaban J connectivity index is 1.72. The number of nitrogens with zero attached hydrogens (tertiary/aromatic N) is 2. The van der Waals surface area contributed by atoms with Gasteiger partial charge in [0.1, 0.15) is 5.76 Å². The average Bonchev–Trinajstić information content (AvgIpc) is 3.05. The van der Waals surface area contributed by atoms with Gasteiger partial charge in [-0.25, -0.2) is 0 Å². The zero-order valence-electron chi connectivity index (χ0n) is 13.9. The van der Waals surface area contributed by atoms with E-state index in [4.69, 9.17) is 9.15 Å². The first kappa shape index (κ1) is 16.8. The van der Waals surface area contributed by atoms with Crippen LogP contribution in [0, 0.1) is 0 Å². The van der Waals surface area contributed by atoms with Crippen molar-refractivity contribution in [3.8, 4) is 0 Å². The van der Waals surface area contributed by atoms with Crippen molar-refractivity contribution in [3.05, 3.63) is 24.2 Å². The van der Waals surface area contributed by atoms with E-state index < -0.39 is 0 Å². The van der Waals surface area contributed by atoms with Crippen LogP contribution in [0.1, 0.15) is 19.6 Å². The van der Waals surface area contributed by atoms with E-state index in [1.165, 1.54) is 0 Å². The third-order valence-corrected chi connectivity index (χ3v) is 4.02. The van der Waals surface area contributed by atoms with Crippen molar-refractivity contribution in [2.24, 2.45) is 4.99 Å². The van der Waals surface area contributed by atoms with Crippen molar-refractivity contribution < 1.29 is 9.15 Å². The van der Waals surface area contributed by atoms with Crippen LogP contribution in [-0.4, -0.2) is 62.8 Å². The van der Waals surface area contributed by atoms with E-state index in [1.54, 1.807) is 13.3 Å². The van der Waals surface area contributed by atoms with Gasteiger partial charge in [-0.1, -0.05) is 0 Å². The van der Waals surface area contributed by atoms with Gasteiger partial charge in [-0.3, -0.25) is 9.89 Å². The summed E-state index contributed by atoms with van der Waals surface area (Å²) in [7, 11) is 1.80. The summed E-state index contributed by atoms with van der Waals surface area (Å²) in [4.78, 5) is 6.73. The Hall–Kier alpha value is -1.53.